The van der Waals surface area contributed by atoms with Crippen molar-refractivity contribution in [3.8, 4) is 11.5 Å². The Morgan fingerprint density at radius 2 is 1.81 bits per heavy atom. The minimum absolute atomic E-state index is 0.0912. The van der Waals surface area contributed by atoms with E-state index in [1.165, 1.54) is 18.6 Å². The second kappa shape index (κ2) is 7.17. The maximum atomic E-state index is 12.8. The molecule has 3 N–H and O–H groups in total. The number of benzene rings is 1. The molecule has 2 aliphatic rings. The molecule has 1 aliphatic carbocycles. The van der Waals surface area contributed by atoms with Gasteiger partial charge in [0.15, 0.2) is 5.43 Å². The van der Waals surface area contributed by atoms with Gasteiger partial charge >= 0.3 is 0 Å². The standard InChI is InChI=1S/C21H27NO5/c1-22-8-7-13(17(26)11-22)19-14(23)9-15(24)20-16(25)10-18(27-21(19)20)12-5-3-2-4-6-12/h9-10,12-13,17,23-24,26H,2-8,11H2,1H3/t13-,17+/m0/s1. The third kappa shape index (κ3) is 3.32. The van der Waals surface area contributed by atoms with E-state index in [-0.39, 0.29) is 39.7 Å². The van der Waals surface area contributed by atoms with Crippen LogP contribution in [0.2, 0.25) is 0 Å². The number of aromatic hydroxyl groups is 2. The van der Waals surface area contributed by atoms with Gasteiger partial charge in [0.2, 0.25) is 0 Å². The van der Waals surface area contributed by atoms with Gasteiger partial charge in [-0.05, 0) is 32.9 Å². The predicted octanol–water partition coefficient (Wildman–Crippen LogP) is 3.03. The van der Waals surface area contributed by atoms with E-state index < -0.39 is 6.10 Å². The van der Waals surface area contributed by atoms with Crippen molar-refractivity contribution in [2.45, 2.75) is 56.5 Å². The van der Waals surface area contributed by atoms with Gasteiger partial charge in [-0.3, -0.25) is 4.79 Å². The molecule has 4 rings (SSSR count). The SMILES string of the molecule is CN1CC[C@H](c2c(O)cc(O)c3c(=O)cc(C4CCCCC4)oc23)[C@H](O)C1. The lowest BCUT2D eigenvalue weighted by Crippen LogP contribution is -2.40. The molecule has 1 aromatic heterocycles. The van der Waals surface area contributed by atoms with Crippen LogP contribution in [0.25, 0.3) is 11.0 Å². The van der Waals surface area contributed by atoms with Crippen molar-refractivity contribution < 1.29 is 19.7 Å². The molecule has 0 unspecified atom stereocenters. The number of aliphatic hydroxyl groups excluding tert-OH is 1. The molecule has 146 valence electrons. The predicted molar refractivity (Wildman–Crippen MR) is 103 cm³/mol. The van der Waals surface area contributed by atoms with Gasteiger partial charge in [-0.25, -0.2) is 0 Å². The van der Waals surface area contributed by atoms with Gasteiger partial charge in [0.05, 0.1) is 6.10 Å². The Morgan fingerprint density at radius 1 is 1.07 bits per heavy atom. The average Bonchev–Trinajstić information content (AvgIpc) is 2.63. The van der Waals surface area contributed by atoms with Crippen LogP contribution in [0.15, 0.2) is 21.3 Å². The topological polar surface area (TPSA) is 94.1 Å². The molecular formula is C21H27NO5. The molecule has 1 aromatic carbocycles. The minimum atomic E-state index is -0.675. The van der Waals surface area contributed by atoms with E-state index in [9.17, 15) is 20.1 Å². The average molecular weight is 373 g/mol. The molecule has 1 saturated heterocycles. The first-order chi connectivity index (χ1) is 13.0. The van der Waals surface area contributed by atoms with Crippen molar-refractivity contribution in [3.05, 3.63) is 33.7 Å². The molecule has 2 atom stereocenters. The molecule has 1 saturated carbocycles. The van der Waals surface area contributed by atoms with Crippen molar-refractivity contribution in [1.82, 2.24) is 4.90 Å². The lowest BCUT2D eigenvalue weighted by molar-refractivity contribution is 0.0630. The number of hydrogen-bond donors (Lipinski definition) is 3. The summed E-state index contributed by atoms with van der Waals surface area (Å²) in [6.45, 7) is 1.26. The maximum Gasteiger partial charge on any atom is 0.196 e. The van der Waals surface area contributed by atoms with Gasteiger partial charge in [0.1, 0.15) is 28.2 Å². The fourth-order valence-corrected chi connectivity index (χ4v) is 4.71. The number of likely N-dealkylation sites (tertiary alicyclic amines) is 1. The van der Waals surface area contributed by atoms with E-state index in [0.29, 0.717) is 24.3 Å². The molecule has 2 aromatic rings. The lowest BCUT2D eigenvalue weighted by atomic mass is 9.84. The number of rotatable bonds is 2. The summed E-state index contributed by atoms with van der Waals surface area (Å²) in [5, 5.41) is 31.5. The smallest absolute Gasteiger partial charge is 0.196 e. The van der Waals surface area contributed by atoms with E-state index in [4.69, 9.17) is 4.42 Å². The van der Waals surface area contributed by atoms with Gasteiger partial charge in [0, 0.05) is 36.1 Å². The van der Waals surface area contributed by atoms with Crippen LogP contribution in [0.3, 0.4) is 0 Å². The summed E-state index contributed by atoms with van der Waals surface area (Å²) in [4.78, 5) is 14.8. The minimum Gasteiger partial charge on any atom is -0.507 e. The molecule has 27 heavy (non-hydrogen) atoms. The first kappa shape index (κ1) is 18.3. The third-order valence-corrected chi connectivity index (χ3v) is 6.18. The number of phenolic OH excluding ortho intramolecular Hbond substituents is 2. The zero-order valence-corrected chi connectivity index (χ0v) is 15.6. The van der Waals surface area contributed by atoms with Crippen molar-refractivity contribution in [1.29, 1.82) is 0 Å². The molecule has 6 nitrogen and oxygen atoms in total. The molecule has 0 radical (unpaired) electrons. The number of phenols is 2. The summed E-state index contributed by atoms with van der Waals surface area (Å²) in [5.41, 5.74) is 0.380. The molecule has 0 spiro atoms. The van der Waals surface area contributed by atoms with Crippen LogP contribution < -0.4 is 5.43 Å². The molecule has 0 amide bonds. The molecule has 2 fully saturated rings. The summed E-state index contributed by atoms with van der Waals surface area (Å²) in [7, 11) is 1.94. The van der Waals surface area contributed by atoms with E-state index >= 15 is 0 Å². The number of β-amino-alcohol motifs (C(OH)–C–C–N with tert-alkyl or cyclic N) is 1. The van der Waals surface area contributed by atoms with Gasteiger partial charge in [0.25, 0.3) is 0 Å². The van der Waals surface area contributed by atoms with E-state index in [2.05, 4.69) is 0 Å². The van der Waals surface area contributed by atoms with Crippen LogP contribution in [0.5, 0.6) is 11.5 Å². The van der Waals surface area contributed by atoms with Crippen LogP contribution in [-0.4, -0.2) is 46.5 Å². The molecule has 2 heterocycles. The highest BCUT2D eigenvalue weighted by atomic mass is 16.3. The first-order valence-corrected chi connectivity index (χ1v) is 9.85. The Labute approximate surface area is 158 Å². The highest BCUT2D eigenvalue weighted by Crippen LogP contribution is 2.43. The Bertz CT molecular complexity index is 900. The number of piperidine rings is 1. The van der Waals surface area contributed by atoms with Crippen LogP contribution in [-0.2, 0) is 0 Å². The summed E-state index contributed by atoms with van der Waals surface area (Å²) in [6, 6.07) is 2.68. The fraction of sp³-hybridized carbons (Fsp3) is 0.571. The molecule has 6 heteroatoms. The third-order valence-electron chi connectivity index (χ3n) is 6.18. The van der Waals surface area contributed by atoms with Gasteiger partial charge < -0.3 is 24.6 Å². The van der Waals surface area contributed by atoms with Crippen molar-refractivity contribution >= 4 is 11.0 Å². The quantitative estimate of drug-likeness (QED) is 0.749. The monoisotopic (exact) mass is 373 g/mol. The number of hydrogen-bond acceptors (Lipinski definition) is 6. The first-order valence-electron chi connectivity index (χ1n) is 9.85. The number of nitrogens with zero attached hydrogens (tertiary/aromatic N) is 1. The van der Waals surface area contributed by atoms with Crippen molar-refractivity contribution in [2.24, 2.45) is 0 Å². The Balaban J connectivity index is 1.89. The van der Waals surface area contributed by atoms with Crippen LogP contribution in [0, 0.1) is 0 Å². The number of aliphatic hydroxyl groups is 1. The van der Waals surface area contributed by atoms with Crippen molar-refractivity contribution in [2.75, 3.05) is 20.1 Å². The van der Waals surface area contributed by atoms with Crippen LogP contribution >= 0.6 is 0 Å². The summed E-state index contributed by atoms with van der Waals surface area (Å²) in [6.07, 6.45) is 5.34. The highest BCUT2D eigenvalue weighted by Gasteiger charge is 2.33. The Kier molecular flexibility index (Phi) is 4.86. The second-order valence-corrected chi connectivity index (χ2v) is 8.11. The molecule has 0 bridgehead atoms. The summed E-state index contributed by atoms with van der Waals surface area (Å²) < 4.78 is 6.16. The number of fused-ring (bicyclic) bond motifs is 1. The van der Waals surface area contributed by atoms with Gasteiger partial charge in [-0.15, -0.1) is 0 Å². The van der Waals surface area contributed by atoms with Crippen LogP contribution in [0.4, 0.5) is 0 Å². The largest absolute Gasteiger partial charge is 0.507 e. The van der Waals surface area contributed by atoms with Crippen LogP contribution in [0.1, 0.15) is 61.7 Å². The van der Waals surface area contributed by atoms with E-state index in [1.807, 2.05) is 11.9 Å². The second-order valence-electron chi connectivity index (χ2n) is 8.11. The van der Waals surface area contributed by atoms with Gasteiger partial charge in [-0.2, -0.15) is 0 Å². The van der Waals surface area contributed by atoms with E-state index in [0.717, 1.165) is 32.2 Å². The van der Waals surface area contributed by atoms with Crippen molar-refractivity contribution in [3.63, 3.8) is 0 Å². The number of likely N-dealkylation sites (N-methyl/N-ethyl adjacent to an activating group) is 1. The Morgan fingerprint density at radius 3 is 2.52 bits per heavy atom. The summed E-state index contributed by atoms with van der Waals surface area (Å²) >= 11 is 0. The normalized spacial score (nSPS) is 25.1. The molecule has 1 aliphatic heterocycles. The fourth-order valence-electron chi connectivity index (χ4n) is 4.71. The lowest BCUT2D eigenvalue weighted by Gasteiger charge is -2.34. The Hall–Kier alpha value is -2.05. The van der Waals surface area contributed by atoms with E-state index in [1.54, 1.807) is 0 Å². The maximum absolute atomic E-state index is 12.8. The zero-order chi connectivity index (χ0) is 19.1. The zero-order valence-electron chi connectivity index (χ0n) is 15.6. The molecular weight excluding hydrogens is 346 g/mol. The van der Waals surface area contributed by atoms with Gasteiger partial charge in [-0.1, -0.05) is 19.3 Å². The summed E-state index contributed by atoms with van der Waals surface area (Å²) in [5.74, 6) is 0.0701. The highest BCUT2D eigenvalue weighted by molar-refractivity contribution is 5.88.